The largest absolute Gasteiger partial charge is 0.389 e. The van der Waals surface area contributed by atoms with Crippen LogP contribution in [-0.4, -0.2) is 66.5 Å². The molecule has 0 amide bonds. The van der Waals surface area contributed by atoms with E-state index in [0.717, 1.165) is 6.54 Å². The van der Waals surface area contributed by atoms with Crippen LogP contribution in [0.2, 0.25) is 0 Å². The molecule has 0 aromatic carbocycles. The molecule has 0 spiro atoms. The summed E-state index contributed by atoms with van der Waals surface area (Å²) in [5.41, 5.74) is 0. The Kier molecular flexibility index (Phi) is 5.64. The van der Waals surface area contributed by atoms with Gasteiger partial charge < -0.3 is 19.7 Å². The van der Waals surface area contributed by atoms with Crippen LogP contribution in [0.25, 0.3) is 0 Å². The summed E-state index contributed by atoms with van der Waals surface area (Å²) in [7, 11) is 1.93. The SMILES string of the molecule is CCOCCN(C)C1CC(O)OC(C)C1O. The van der Waals surface area contributed by atoms with E-state index in [9.17, 15) is 10.2 Å². The molecule has 1 fully saturated rings. The Morgan fingerprint density at radius 3 is 2.75 bits per heavy atom. The molecule has 1 heterocycles. The Bertz CT molecular complexity index is 202. The summed E-state index contributed by atoms with van der Waals surface area (Å²) in [4.78, 5) is 2.02. The second-order valence-corrected chi connectivity index (χ2v) is 4.27. The van der Waals surface area contributed by atoms with E-state index in [1.165, 1.54) is 0 Å². The van der Waals surface area contributed by atoms with Crippen LogP contribution in [-0.2, 0) is 9.47 Å². The van der Waals surface area contributed by atoms with Crippen molar-refractivity contribution in [2.45, 2.75) is 44.8 Å². The molecule has 16 heavy (non-hydrogen) atoms. The monoisotopic (exact) mass is 233 g/mol. The normalized spacial score (nSPS) is 35.6. The summed E-state index contributed by atoms with van der Waals surface area (Å²) in [5.74, 6) is 0. The molecule has 0 aliphatic carbocycles. The quantitative estimate of drug-likeness (QED) is 0.645. The lowest BCUT2D eigenvalue weighted by atomic mass is 9.98. The number of ether oxygens (including phenoxy) is 2. The zero-order chi connectivity index (χ0) is 12.1. The van der Waals surface area contributed by atoms with Crippen LogP contribution in [0.15, 0.2) is 0 Å². The van der Waals surface area contributed by atoms with Crippen molar-refractivity contribution in [3.8, 4) is 0 Å². The van der Waals surface area contributed by atoms with Gasteiger partial charge in [0, 0.05) is 25.6 Å². The van der Waals surface area contributed by atoms with Gasteiger partial charge in [-0.3, -0.25) is 4.90 Å². The smallest absolute Gasteiger partial charge is 0.156 e. The van der Waals surface area contributed by atoms with E-state index in [-0.39, 0.29) is 12.1 Å². The third kappa shape index (κ3) is 3.68. The van der Waals surface area contributed by atoms with Gasteiger partial charge in [-0.25, -0.2) is 0 Å². The standard InChI is InChI=1S/C11H23NO4/c1-4-15-6-5-12(3)9-7-10(13)16-8(2)11(9)14/h8-11,13-14H,4-7H2,1-3H3. The van der Waals surface area contributed by atoms with Crippen LogP contribution in [0.5, 0.6) is 0 Å². The van der Waals surface area contributed by atoms with Gasteiger partial charge in [-0.15, -0.1) is 0 Å². The van der Waals surface area contributed by atoms with E-state index in [0.29, 0.717) is 19.6 Å². The van der Waals surface area contributed by atoms with Crippen LogP contribution in [0, 0.1) is 0 Å². The van der Waals surface area contributed by atoms with Crippen LogP contribution < -0.4 is 0 Å². The van der Waals surface area contributed by atoms with Crippen molar-refractivity contribution >= 4 is 0 Å². The molecule has 4 atom stereocenters. The number of likely N-dealkylation sites (N-methyl/N-ethyl adjacent to an activating group) is 1. The molecular weight excluding hydrogens is 210 g/mol. The first-order valence-electron chi connectivity index (χ1n) is 5.85. The molecule has 1 aliphatic heterocycles. The van der Waals surface area contributed by atoms with E-state index in [1.54, 1.807) is 6.92 Å². The van der Waals surface area contributed by atoms with Crippen LogP contribution >= 0.6 is 0 Å². The summed E-state index contributed by atoms with van der Waals surface area (Å²) in [6.45, 7) is 5.81. The molecule has 5 nitrogen and oxygen atoms in total. The second-order valence-electron chi connectivity index (χ2n) is 4.27. The number of hydrogen-bond acceptors (Lipinski definition) is 5. The van der Waals surface area contributed by atoms with Crippen LogP contribution in [0.3, 0.4) is 0 Å². The molecule has 0 bridgehead atoms. The molecule has 1 rings (SSSR count). The maximum Gasteiger partial charge on any atom is 0.156 e. The van der Waals surface area contributed by atoms with Crippen molar-refractivity contribution in [1.29, 1.82) is 0 Å². The van der Waals surface area contributed by atoms with Crippen molar-refractivity contribution in [2.75, 3.05) is 26.8 Å². The molecule has 0 aromatic rings. The Balaban J connectivity index is 2.42. The maximum atomic E-state index is 9.96. The third-order valence-corrected chi connectivity index (χ3v) is 3.05. The van der Waals surface area contributed by atoms with Crippen molar-refractivity contribution in [2.24, 2.45) is 0 Å². The fourth-order valence-corrected chi connectivity index (χ4v) is 2.00. The zero-order valence-corrected chi connectivity index (χ0v) is 10.3. The van der Waals surface area contributed by atoms with E-state index in [4.69, 9.17) is 9.47 Å². The van der Waals surface area contributed by atoms with Gasteiger partial charge >= 0.3 is 0 Å². The topological polar surface area (TPSA) is 62.2 Å². The lowest BCUT2D eigenvalue weighted by Crippen LogP contribution is -2.54. The van der Waals surface area contributed by atoms with E-state index >= 15 is 0 Å². The molecule has 0 aromatic heterocycles. The molecular formula is C11H23NO4. The van der Waals surface area contributed by atoms with Crippen molar-refractivity contribution in [1.82, 2.24) is 4.90 Å². The van der Waals surface area contributed by atoms with Gasteiger partial charge in [-0.05, 0) is 20.9 Å². The highest BCUT2D eigenvalue weighted by Gasteiger charge is 2.36. The molecule has 2 N–H and O–H groups in total. The number of aliphatic hydroxyl groups excluding tert-OH is 2. The number of hydrogen-bond donors (Lipinski definition) is 2. The molecule has 0 radical (unpaired) electrons. The maximum absolute atomic E-state index is 9.96. The predicted octanol–water partition coefficient (Wildman–Crippen LogP) is -0.189. The van der Waals surface area contributed by atoms with Gasteiger partial charge in [0.2, 0.25) is 0 Å². The molecule has 1 aliphatic rings. The number of aliphatic hydroxyl groups is 2. The first kappa shape index (κ1) is 13.9. The van der Waals surface area contributed by atoms with Gasteiger partial charge in [-0.2, -0.15) is 0 Å². The van der Waals surface area contributed by atoms with Crippen molar-refractivity contribution < 1.29 is 19.7 Å². The summed E-state index contributed by atoms with van der Waals surface area (Å²) < 4.78 is 10.4. The number of nitrogens with zero attached hydrogens (tertiary/aromatic N) is 1. The van der Waals surface area contributed by atoms with Gasteiger partial charge in [0.15, 0.2) is 6.29 Å². The minimum atomic E-state index is -0.780. The Morgan fingerprint density at radius 1 is 1.44 bits per heavy atom. The van der Waals surface area contributed by atoms with Gasteiger partial charge in [0.05, 0.1) is 18.8 Å². The number of rotatable bonds is 5. The van der Waals surface area contributed by atoms with Crippen LogP contribution in [0.4, 0.5) is 0 Å². The zero-order valence-electron chi connectivity index (χ0n) is 10.3. The van der Waals surface area contributed by atoms with E-state index < -0.39 is 12.4 Å². The molecule has 96 valence electrons. The van der Waals surface area contributed by atoms with Gasteiger partial charge in [0.1, 0.15) is 0 Å². The van der Waals surface area contributed by atoms with E-state index in [2.05, 4.69) is 0 Å². The van der Waals surface area contributed by atoms with E-state index in [1.807, 2.05) is 18.9 Å². The highest BCUT2D eigenvalue weighted by molar-refractivity contribution is 4.86. The lowest BCUT2D eigenvalue weighted by Gasteiger charge is -2.40. The summed E-state index contributed by atoms with van der Waals surface area (Å²) in [5, 5.41) is 19.5. The minimum Gasteiger partial charge on any atom is -0.389 e. The predicted molar refractivity (Wildman–Crippen MR) is 60.1 cm³/mol. The summed E-state index contributed by atoms with van der Waals surface area (Å²) in [6, 6.07) is -0.0702. The molecule has 4 unspecified atom stereocenters. The Morgan fingerprint density at radius 2 is 2.12 bits per heavy atom. The highest BCUT2D eigenvalue weighted by Crippen LogP contribution is 2.22. The highest BCUT2D eigenvalue weighted by atomic mass is 16.6. The fourth-order valence-electron chi connectivity index (χ4n) is 2.00. The minimum absolute atomic E-state index is 0.0702. The van der Waals surface area contributed by atoms with Crippen molar-refractivity contribution in [3.63, 3.8) is 0 Å². The molecule has 0 saturated carbocycles. The summed E-state index contributed by atoms with van der Waals surface area (Å²) in [6.07, 6.45) is -1.23. The average Bonchev–Trinajstić information content (AvgIpc) is 2.23. The molecule has 5 heteroatoms. The van der Waals surface area contributed by atoms with Gasteiger partial charge in [-0.1, -0.05) is 0 Å². The van der Waals surface area contributed by atoms with Crippen molar-refractivity contribution in [3.05, 3.63) is 0 Å². The second kappa shape index (κ2) is 6.51. The Labute approximate surface area is 97.0 Å². The van der Waals surface area contributed by atoms with Crippen LogP contribution in [0.1, 0.15) is 20.3 Å². The first-order chi connectivity index (χ1) is 7.56. The Hall–Kier alpha value is -0.200. The third-order valence-electron chi connectivity index (χ3n) is 3.05. The molecule has 1 saturated heterocycles. The van der Waals surface area contributed by atoms with Gasteiger partial charge in [0.25, 0.3) is 0 Å². The lowest BCUT2D eigenvalue weighted by molar-refractivity contribution is -0.215. The first-order valence-corrected chi connectivity index (χ1v) is 5.85. The fraction of sp³-hybridized carbons (Fsp3) is 1.00. The summed E-state index contributed by atoms with van der Waals surface area (Å²) >= 11 is 0. The average molecular weight is 233 g/mol.